The Hall–Kier alpha value is -8.92. The summed E-state index contributed by atoms with van der Waals surface area (Å²) >= 11 is 0. The molecule has 0 radical (unpaired) electrons. The molecule has 11 aromatic carbocycles. The Morgan fingerprint density at radius 2 is 0.776 bits per heavy atom. The molecule has 2 aromatic heterocycles. The first-order valence-electron chi connectivity index (χ1n) is 23.0. The first-order chi connectivity index (χ1) is 33.3. The molecule has 3 nitrogen and oxygen atoms in total. The van der Waals surface area contributed by atoms with Gasteiger partial charge in [0.15, 0.2) is 0 Å². The summed E-state index contributed by atoms with van der Waals surface area (Å²) in [6.45, 7) is 0. The number of hydrogen-bond acceptors (Lipinski definition) is 1. The predicted molar refractivity (Wildman–Crippen MR) is 284 cm³/mol. The van der Waals surface area contributed by atoms with Crippen LogP contribution in [0.15, 0.2) is 261 Å². The van der Waals surface area contributed by atoms with E-state index >= 15 is 0 Å². The van der Waals surface area contributed by atoms with Crippen LogP contribution in [0.1, 0.15) is 0 Å². The van der Waals surface area contributed by atoms with Gasteiger partial charge < -0.3 is 14.0 Å². The van der Waals surface area contributed by atoms with Gasteiger partial charge in [-0.15, -0.1) is 0 Å². The fourth-order valence-corrected chi connectivity index (χ4v) is 10.7. The van der Waals surface area contributed by atoms with Crippen molar-refractivity contribution in [3.05, 3.63) is 261 Å². The van der Waals surface area contributed by atoms with E-state index in [1.54, 1.807) is 0 Å². The molecule has 314 valence electrons. The predicted octanol–water partition coefficient (Wildman–Crippen LogP) is 17.5. The lowest BCUT2D eigenvalue weighted by Crippen LogP contribution is -2.12. The lowest BCUT2D eigenvalue weighted by molar-refractivity contribution is 1.18. The van der Waals surface area contributed by atoms with Crippen molar-refractivity contribution in [1.29, 1.82) is 0 Å². The van der Waals surface area contributed by atoms with Crippen LogP contribution >= 0.6 is 0 Å². The largest absolute Gasteiger partial charge is 0.309 e. The molecule has 0 saturated heterocycles. The van der Waals surface area contributed by atoms with Crippen LogP contribution < -0.4 is 4.90 Å². The lowest BCUT2D eigenvalue weighted by atomic mass is 9.91. The van der Waals surface area contributed by atoms with Crippen molar-refractivity contribution in [2.45, 2.75) is 0 Å². The smallest absolute Gasteiger partial charge is 0.0562 e. The maximum Gasteiger partial charge on any atom is 0.0562 e. The minimum absolute atomic E-state index is 1.07. The Labute approximate surface area is 389 Å². The molecule has 0 N–H and O–H groups in total. The van der Waals surface area contributed by atoms with Crippen LogP contribution in [0.4, 0.5) is 17.1 Å². The van der Waals surface area contributed by atoms with Gasteiger partial charge in [0.2, 0.25) is 0 Å². The van der Waals surface area contributed by atoms with Gasteiger partial charge >= 0.3 is 0 Å². The molecule has 13 rings (SSSR count). The first kappa shape index (κ1) is 38.5. The topological polar surface area (TPSA) is 13.1 Å². The number of benzene rings is 11. The molecule has 0 atom stereocenters. The second-order valence-electron chi connectivity index (χ2n) is 17.2. The van der Waals surface area contributed by atoms with E-state index < -0.39 is 0 Å². The maximum atomic E-state index is 2.51. The third kappa shape index (κ3) is 6.28. The summed E-state index contributed by atoms with van der Waals surface area (Å²) in [4.78, 5) is 2.51. The van der Waals surface area contributed by atoms with Crippen molar-refractivity contribution < 1.29 is 0 Å². The minimum Gasteiger partial charge on any atom is -0.309 e. The quantitative estimate of drug-likeness (QED) is 0.148. The highest BCUT2D eigenvalue weighted by molar-refractivity contribution is 6.17. The number of anilines is 3. The second-order valence-corrected chi connectivity index (χ2v) is 17.2. The van der Waals surface area contributed by atoms with Gasteiger partial charge in [0.05, 0.1) is 39.1 Å². The van der Waals surface area contributed by atoms with Crippen LogP contribution in [0, 0.1) is 0 Å². The van der Waals surface area contributed by atoms with Crippen molar-refractivity contribution in [1.82, 2.24) is 9.13 Å². The summed E-state index contributed by atoms with van der Waals surface area (Å²) < 4.78 is 4.86. The highest BCUT2D eigenvalue weighted by Crippen LogP contribution is 2.49. The first-order valence-corrected chi connectivity index (χ1v) is 23.0. The normalized spacial score (nSPS) is 11.6. The molecule has 0 spiro atoms. The number of aromatic nitrogens is 2. The van der Waals surface area contributed by atoms with Gasteiger partial charge in [-0.3, -0.25) is 0 Å². The van der Waals surface area contributed by atoms with Crippen molar-refractivity contribution in [3.8, 4) is 44.8 Å². The van der Waals surface area contributed by atoms with E-state index in [1.807, 2.05) is 0 Å². The van der Waals surface area contributed by atoms with Crippen molar-refractivity contribution >= 4 is 71.4 Å². The lowest BCUT2D eigenvalue weighted by Gasteiger charge is -2.30. The monoisotopic (exact) mass is 853 g/mol. The Morgan fingerprint density at radius 3 is 1.51 bits per heavy atom. The zero-order valence-electron chi connectivity index (χ0n) is 36.7. The van der Waals surface area contributed by atoms with E-state index in [0.29, 0.717) is 0 Å². The third-order valence-corrected chi connectivity index (χ3v) is 13.5. The van der Waals surface area contributed by atoms with Gasteiger partial charge in [-0.2, -0.15) is 0 Å². The van der Waals surface area contributed by atoms with Gasteiger partial charge in [-0.05, 0) is 99.8 Å². The van der Waals surface area contributed by atoms with Gasteiger partial charge in [-0.1, -0.05) is 194 Å². The Kier molecular flexibility index (Phi) is 9.17. The van der Waals surface area contributed by atoms with E-state index in [-0.39, 0.29) is 0 Å². The van der Waals surface area contributed by atoms with Crippen molar-refractivity contribution in [3.63, 3.8) is 0 Å². The molecule has 0 amide bonds. The van der Waals surface area contributed by atoms with Gasteiger partial charge in [0.25, 0.3) is 0 Å². The van der Waals surface area contributed by atoms with E-state index in [9.17, 15) is 0 Å². The standard InChI is InChI=1S/C64H43N3/c1-3-21-44(22-4-1)49-34-18-23-45-24-19-35-50(63(45)49)46-25-17-28-48(43-46)66(62-42-20-41-61-64(62)55-33-11-16-40-60(55)65(61)47-26-5-2-6-27-47)56-36-12-7-29-51(56)52-30-8-13-37-57(52)67-58-38-14-9-31-53(58)54-32-10-15-39-59(54)67/h1-43H. The minimum atomic E-state index is 1.07. The number of fused-ring (bicyclic) bond motifs is 7. The molecule has 0 aliphatic rings. The Balaban J connectivity index is 1.10. The highest BCUT2D eigenvalue weighted by Gasteiger charge is 2.25. The maximum absolute atomic E-state index is 2.51. The average molecular weight is 854 g/mol. The summed E-state index contributed by atoms with van der Waals surface area (Å²) in [5.74, 6) is 0. The molecule has 3 heteroatoms. The molecular weight excluding hydrogens is 811 g/mol. The molecule has 67 heavy (non-hydrogen) atoms. The van der Waals surface area contributed by atoms with Crippen molar-refractivity contribution in [2.75, 3.05) is 4.90 Å². The van der Waals surface area contributed by atoms with Crippen LogP contribution in [0.25, 0.3) is 99.1 Å². The Bertz CT molecular complexity index is 3930. The van der Waals surface area contributed by atoms with Crippen LogP contribution in [0.3, 0.4) is 0 Å². The fourth-order valence-electron chi connectivity index (χ4n) is 10.7. The zero-order valence-corrected chi connectivity index (χ0v) is 36.7. The molecule has 0 bridgehead atoms. The van der Waals surface area contributed by atoms with Crippen LogP contribution in [-0.2, 0) is 0 Å². The summed E-state index contributed by atoms with van der Waals surface area (Å²) in [5.41, 5.74) is 17.2. The fraction of sp³-hybridized carbons (Fsp3) is 0. The molecule has 0 aliphatic heterocycles. The van der Waals surface area contributed by atoms with Gasteiger partial charge in [-0.25, -0.2) is 0 Å². The molecule has 2 heterocycles. The SMILES string of the molecule is c1ccc(-c2cccc3cccc(-c4cccc(N(c5ccccc5-c5ccccc5-n5c6ccccc6c6ccccc65)c5cccc6c5c5ccccc5n6-c5ccccc5)c4)c23)cc1. The van der Waals surface area contributed by atoms with E-state index in [1.165, 1.54) is 65.6 Å². The molecule has 0 fully saturated rings. The van der Waals surface area contributed by atoms with E-state index in [4.69, 9.17) is 0 Å². The summed E-state index contributed by atoms with van der Waals surface area (Å²) in [7, 11) is 0. The van der Waals surface area contributed by atoms with Crippen LogP contribution in [0.2, 0.25) is 0 Å². The molecule has 0 aliphatic carbocycles. The zero-order chi connectivity index (χ0) is 44.3. The number of para-hydroxylation sites is 6. The number of rotatable bonds is 8. The average Bonchev–Trinajstić information content (AvgIpc) is 3.93. The van der Waals surface area contributed by atoms with Gasteiger partial charge in [0.1, 0.15) is 0 Å². The number of nitrogens with zero attached hydrogens (tertiary/aromatic N) is 3. The summed E-state index contributed by atoms with van der Waals surface area (Å²) in [6, 6.07) is 95.1. The molecule has 13 aromatic rings. The molecular formula is C64H43N3. The summed E-state index contributed by atoms with van der Waals surface area (Å²) in [6.07, 6.45) is 0. The van der Waals surface area contributed by atoms with Crippen molar-refractivity contribution in [2.24, 2.45) is 0 Å². The van der Waals surface area contributed by atoms with E-state index in [2.05, 4.69) is 275 Å². The molecule has 0 unspecified atom stereocenters. The third-order valence-electron chi connectivity index (χ3n) is 13.5. The highest BCUT2D eigenvalue weighted by atomic mass is 15.2. The van der Waals surface area contributed by atoms with E-state index in [0.717, 1.165) is 50.6 Å². The molecule has 0 saturated carbocycles. The summed E-state index contributed by atoms with van der Waals surface area (Å²) in [5, 5.41) is 7.33. The van der Waals surface area contributed by atoms with Gasteiger partial charge in [0, 0.05) is 44.0 Å². The second kappa shape index (κ2) is 16.0. The number of hydrogen-bond donors (Lipinski definition) is 0. The Morgan fingerprint density at radius 1 is 0.284 bits per heavy atom. The van der Waals surface area contributed by atoms with Crippen LogP contribution in [0.5, 0.6) is 0 Å². The van der Waals surface area contributed by atoms with Crippen LogP contribution in [-0.4, -0.2) is 9.13 Å².